The lowest BCUT2D eigenvalue weighted by molar-refractivity contribution is -0.146. The molecule has 1 atom stereocenters. The molecule has 0 amide bonds. The highest BCUT2D eigenvalue weighted by molar-refractivity contribution is 5.17. The summed E-state index contributed by atoms with van der Waals surface area (Å²) in [5.74, 6) is 0. The second kappa shape index (κ2) is 5.38. The first-order chi connectivity index (χ1) is 10.3. The number of aliphatic hydroxyl groups excluding tert-OH is 1. The highest BCUT2D eigenvalue weighted by Gasteiger charge is 2.41. The molecular weight excluding hydrogens is 266 g/mol. The third kappa shape index (κ3) is 2.41. The van der Waals surface area contributed by atoms with E-state index < -0.39 is 0 Å². The van der Waals surface area contributed by atoms with Gasteiger partial charge in [0.2, 0.25) is 0 Å². The average molecular weight is 291 g/mol. The van der Waals surface area contributed by atoms with Crippen LogP contribution in [0.5, 0.6) is 0 Å². The summed E-state index contributed by atoms with van der Waals surface area (Å²) >= 11 is 0. The first-order valence-electron chi connectivity index (χ1n) is 8.25. The summed E-state index contributed by atoms with van der Waals surface area (Å²) < 4.78 is 7.75. The lowest BCUT2D eigenvalue weighted by atomic mass is 9.86. The summed E-state index contributed by atoms with van der Waals surface area (Å²) in [6, 6.07) is 0.566. The van der Waals surface area contributed by atoms with E-state index in [9.17, 15) is 5.11 Å². The van der Waals surface area contributed by atoms with Gasteiger partial charge in [0.05, 0.1) is 37.3 Å². The molecule has 2 saturated heterocycles. The van der Waals surface area contributed by atoms with Gasteiger partial charge >= 0.3 is 0 Å². The molecule has 0 radical (unpaired) electrons. The van der Waals surface area contributed by atoms with Gasteiger partial charge in [-0.2, -0.15) is 0 Å². The first kappa shape index (κ1) is 13.7. The normalized spacial score (nSPS) is 28.3. The van der Waals surface area contributed by atoms with E-state index in [0.29, 0.717) is 19.3 Å². The summed E-state index contributed by atoms with van der Waals surface area (Å²) in [5, 5.41) is 9.58. The minimum atomic E-state index is 0.00323. The molecule has 5 nitrogen and oxygen atoms in total. The summed E-state index contributed by atoms with van der Waals surface area (Å²) in [4.78, 5) is 7.13. The van der Waals surface area contributed by atoms with Crippen LogP contribution in [0.3, 0.4) is 0 Å². The molecule has 0 unspecified atom stereocenters. The van der Waals surface area contributed by atoms with Crippen molar-refractivity contribution in [2.24, 2.45) is 5.41 Å². The zero-order valence-electron chi connectivity index (χ0n) is 12.6. The Kier molecular flexibility index (Phi) is 3.52. The van der Waals surface area contributed by atoms with Crippen LogP contribution in [-0.4, -0.2) is 59.0 Å². The molecule has 21 heavy (non-hydrogen) atoms. The van der Waals surface area contributed by atoms with E-state index in [1.165, 1.54) is 37.1 Å². The lowest BCUT2D eigenvalue weighted by Gasteiger charge is -2.42. The number of aryl methyl sites for hydroxylation is 1. The van der Waals surface area contributed by atoms with E-state index in [1.54, 1.807) is 0 Å². The van der Waals surface area contributed by atoms with Gasteiger partial charge in [-0.1, -0.05) is 0 Å². The van der Waals surface area contributed by atoms with E-state index in [0.717, 1.165) is 26.1 Å². The molecule has 1 N–H and O–H groups in total. The Labute approximate surface area is 125 Å². The topological polar surface area (TPSA) is 50.5 Å². The van der Waals surface area contributed by atoms with Crippen LogP contribution in [0.2, 0.25) is 0 Å². The highest BCUT2D eigenvalue weighted by Crippen LogP contribution is 2.33. The van der Waals surface area contributed by atoms with Crippen molar-refractivity contribution < 1.29 is 9.84 Å². The van der Waals surface area contributed by atoms with E-state index in [4.69, 9.17) is 4.74 Å². The summed E-state index contributed by atoms with van der Waals surface area (Å²) in [6.45, 7) is 4.85. The average Bonchev–Trinajstić information content (AvgIpc) is 3.09. The molecular formula is C16H25N3O2. The summed E-state index contributed by atoms with van der Waals surface area (Å²) in [7, 11) is 0. The van der Waals surface area contributed by atoms with Crippen molar-refractivity contribution in [3.63, 3.8) is 0 Å². The van der Waals surface area contributed by atoms with Crippen molar-refractivity contribution >= 4 is 0 Å². The molecule has 0 saturated carbocycles. The fraction of sp³-hybridized carbons (Fsp3) is 0.812. The molecule has 1 aliphatic carbocycles. The molecule has 2 fully saturated rings. The van der Waals surface area contributed by atoms with Crippen LogP contribution in [0, 0.1) is 5.41 Å². The van der Waals surface area contributed by atoms with Gasteiger partial charge in [0.15, 0.2) is 0 Å². The van der Waals surface area contributed by atoms with Crippen molar-refractivity contribution in [2.45, 2.75) is 38.1 Å². The second-order valence-electron chi connectivity index (χ2n) is 7.08. The maximum absolute atomic E-state index is 9.58. The fourth-order valence-corrected chi connectivity index (χ4v) is 4.09. The molecule has 2 aliphatic heterocycles. The summed E-state index contributed by atoms with van der Waals surface area (Å²) in [5.41, 5.74) is 2.82. The number of hydrogen-bond donors (Lipinski definition) is 1. The Hall–Kier alpha value is -0.910. The van der Waals surface area contributed by atoms with Crippen molar-refractivity contribution in [1.82, 2.24) is 14.5 Å². The predicted octanol–water partition coefficient (Wildman–Crippen LogP) is 1.02. The Bertz CT molecular complexity index is 504. The second-order valence-corrected chi connectivity index (χ2v) is 7.08. The SMILES string of the molecule is OCC1(CN2CC[C@H](n3cnc4c3CCCC4)C2)COC1. The first-order valence-corrected chi connectivity index (χ1v) is 8.25. The third-order valence-corrected chi connectivity index (χ3v) is 5.41. The molecule has 3 aliphatic rings. The number of ether oxygens (including phenoxy) is 1. The third-order valence-electron chi connectivity index (χ3n) is 5.41. The zero-order chi connectivity index (χ0) is 14.3. The molecule has 3 heterocycles. The van der Waals surface area contributed by atoms with Crippen molar-refractivity contribution in [2.75, 3.05) is 39.5 Å². The van der Waals surface area contributed by atoms with Gasteiger partial charge in [-0.05, 0) is 32.1 Å². The van der Waals surface area contributed by atoms with Crippen LogP contribution in [0.15, 0.2) is 6.33 Å². The number of imidazole rings is 1. The van der Waals surface area contributed by atoms with E-state index in [2.05, 4.69) is 20.8 Å². The smallest absolute Gasteiger partial charge is 0.0954 e. The molecule has 0 bridgehead atoms. The zero-order valence-corrected chi connectivity index (χ0v) is 12.6. The van der Waals surface area contributed by atoms with Crippen LogP contribution in [0.4, 0.5) is 0 Å². The maximum atomic E-state index is 9.58. The quantitative estimate of drug-likeness (QED) is 0.900. The lowest BCUT2D eigenvalue weighted by Crippen LogP contribution is -2.52. The minimum absolute atomic E-state index is 0.00323. The van der Waals surface area contributed by atoms with Crippen LogP contribution in [-0.2, 0) is 17.6 Å². The predicted molar refractivity (Wildman–Crippen MR) is 79.3 cm³/mol. The van der Waals surface area contributed by atoms with Gasteiger partial charge in [0.25, 0.3) is 0 Å². The number of likely N-dealkylation sites (tertiary alicyclic amines) is 1. The Morgan fingerprint density at radius 1 is 1.33 bits per heavy atom. The van der Waals surface area contributed by atoms with Gasteiger partial charge in [-0.25, -0.2) is 4.98 Å². The maximum Gasteiger partial charge on any atom is 0.0954 e. The van der Waals surface area contributed by atoms with Crippen LogP contribution < -0.4 is 0 Å². The van der Waals surface area contributed by atoms with E-state index in [1.807, 2.05) is 0 Å². The van der Waals surface area contributed by atoms with E-state index in [-0.39, 0.29) is 12.0 Å². The van der Waals surface area contributed by atoms with Crippen LogP contribution in [0.25, 0.3) is 0 Å². The van der Waals surface area contributed by atoms with Gasteiger partial charge < -0.3 is 19.3 Å². The Morgan fingerprint density at radius 3 is 2.95 bits per heavy atom. The standard InChI is InChI=1S/C16H25N3O2/c20-9-16(10-21-11-16)8-18-6-5-13(7-18)19-12-17-14-3-1-2-4-15(14)19/h12-13,20H,1-11H2/t13-/m0/s1. The monoisotopic (exact) mass is 291 g/mol. The molecule has 1 aromatic heterocycles. The largest absolute Gasteiger partial charge is 0.396 e. The molecule has 5 heteroatoms. The molecule has 1 aromatic rings. The van der Waals surface area contributed by atoms with Gasteiger partial charge in [-0.3, -0.25) is 0 Å². The number of hydrogen-bond acceptors (Lipinski definition) is 4. The number of aromatic nitrogens is 2. The van der Waals surface area contributed by atoms with Gasteiger partial charge in [0.1, 0.15) is 0 Å². The Balaban J connectivity index is 1.43. The highest BCUT2D eigenvalue weighted by atomic mass is 16.5. The van der Waals surface area contributed by atoms with E-state index >= 15 is 0 Å². The van der Waals surface area contributed by atoms with Gasteiger partial charge in [-0.15, -0.1) is 0 Å². The van der Waals surface area contributed by atoms with Crippen molar-refractivity contribution in [3.05, 3.63) is 17.7 Å². The number of fused-ring (bicyclic) bond motifs is 1. The fourth-order valence-electron chi connectivity index (χ4n) is 4.09. The number of aliphatic hydroxyl groups is 1. The van der Waals surface area contributed by atoms with Crippen LogP contribution >= 0.6 is 0 Å². The van der Waals surface area contributed by atoms with Crippen molar-refractivity contribution in [3.8, 4) is 0 Å². The molecule has 116 valence electrons. The molecule has 0 aromatic carbocycles. The summed E-state index contributed by atoms with van der Waals surface area (Å²) in [6.07, 6.45) is 8.22. The Morgan fingerprint density at radius 2 is 2.19 bits per heavy atom. The number of rotatable bonds is 4. The van der Waals surface area contributed by atoms with Crippen molar-refractivity contribution in [1.29, 1.82) is 0 Å². The van der Waals surface area contributed by atoms with Gasteiger partial charge in [0, 0.05) is 31.4 Å². The molecule has 4 rings (SSSR count). The number of nitrogens with zero attached hydrogens (tertiary/aromatic N) is 3. The molecule has 0 spiro atoms. The minimum Gasteiger partial charge on any atom is -0.396 e. The van der Waals surface area contributed by atoms with Crippen LogP contribution in [0.1, 0.15) is 36.7 Å².